The van der Waals surface area contributed by atoms with E-state index in [9.17, 15) is 4.79 Å². The van der Waals surface area contributed by atoms with Gasteiger partial charge in [-0.1, -0.05) is 23.8 Å². The Bertz CT molecular complexity index is 873. The van der Waals surface area contributed by atoms with Crippen LogP contribution in [0.2, 0.25) is 0 Å². The minimum atomic E-state index is -0.467. The maximum atomic E-state index is 11.3. The van der Waals surface area contributed by atoms with Gasteiger partial charge >= 0.3 is 0 Å². The van der Waals surface area contributed by atoms with Crippen LogP contribution in [-0.2, 0) is 0 Å². The third-order valence-electron chi connectivity index (χ3n) is 3.61. The number of hydrogen-bond donors (Lipinski definition) is 2. The Hall–Kier alpha value is -3.15. The molecule has 0 aliphatic carbocycles. The summed E-state index contributed by atoms with van der Waals surface area (Å²) in [4.78, 5) is 11.3. The third kappa shape index (κ3) is 3.43. The summed E-state index contributed by atoms with van der Waals surface area (Å²) in [5.41, 5.74) is 8.51. The van der Waals surface area contributed by atoms with Gasteiger partial charge in [-0.15, -0.1) is 10.2 Å². The minimum absolute atomic E-state index is 0.209. The number of nitrogens with one attached hydrogen (secondary N) is 1. The lowest BCUT2D eigenvalue weighted by atomic mass is 10.1. The predicted molar refractivity (Wildman–Crippen MR) is 91.5 cm³/mol. The van der Waals surface area contributed by atoms with Gasteiger partial charge in [0.25, 0.3) is 0 Å². The summed E-state index contributed by atoms with van der Waals surface area (Å²) in [5.74, 6) is 0.482. The van der Waals surface area contributed by atoms with Gasteiger partial charge in [0, 0.05) is 16.8 Å². The van der Waals surface area contributed by atoms with E-state index >= 15 is 0 Å². The van der Waals surface area contributed by atoms with Gasteiger partial charge in [0.05, 0.1) is 0 Å². The number of benzene rings is 2. The van der Waals surface area contributed by atoms with Crippen LogP contribution in [0.25, 0.3) is 11.5 Å². The smallest absolute Gasteiger partial charge is 0.248 e. The SMILES string of the molecule is Cc1cccc(-c2nnc([C@@H](C)Nc3cccc(C(N)=O)c3)o2)c1. The Morgan fingerprint density at radius 1 is 1.17 bits per heavy atom. The third-order valence-corrected chi connectivity index (χ3v) is 3.61. The van der Waals surface area contributed by atoms with Crippen molar-refractivity contribution in [1.82, 2.24) is 10.2 Å². The molecule has 3 rings (SSSR count). The van der Waals surface area contributed by atoms with Crippen LogP contribution in [0.4, 0.5) is 5.69 Å². The molecule has 0 bridgehead atoms. The molecule has 3 aromatic rings. The van der Waals surface area contributed by atoms with Crippen molar-refractivity contribution in [3.8, 4) is 11.5 Å². The van der Waals surface area contributed by atoms with Gasteiger partial charge in [-0.25, -0.2) is 0 Å². The van der Waals surface area contributed by atoms with E-state index in [0.717, 1.165) is 16.8 Å². The van der Waals surface area contributed by atoms with Crippen LogP contribution < -0.4 is 11.1 Å². The van der Waals surface area contributed by atoms with Gasteiger partial charge in [-0.3, -0.25) is 4.79 Å². The second kappa shape index (κ2) is 6.54. The van der Waals surface area contributed by atoms with Crippen LogP contribution in [-0.4, -0.2) is 16.1 Å². The van der Waals surface area contributed by atoms with Crippen molar-refractivity contribution in [3.05, 3.63) is 65.5 Å². The molecule has 6 nitrogen and oxygen atoms in total. The maximum Gasteiger partial charge on any atom is 0.248 e. The normalized spacial score (nSPS) is 11.9. The van der Waals surface area contributed by atoms with E-state index < -0.39 is 5.91 Å². The zero-order valence-electron chi connectivity index (χ0n) is 13.5. The molecule has 0 aliphatic heterocycles. The molecule has 0 aliphatic rings. The van der Waals surface area contributed by atoms with Crippen LogP contribution in [0.1, 0.15) is 34.8 Å². The quantitative estimate of drug-likeness (QED) is 0.751. The average Bonchev–Trinajstić information content (AvgIpc) is 3.05. The van der Waals surface area contributed by atoms with Crippen LogP contribution >= 0.6 is 0 Å². The Morgan fingerprint density at radius 3 is 2.71 bits per heavy atom. The fourth-order valence-electron chi connectivity index (χ4n) is 2.38. The monoisotopic (exact) mass is 322 g/mol. The molecular weight excluding hydrogens is 304 g/mol. The van der Waals surface area contributed by atoms with Crippen molar-refractivity contribution < 1.29 is 9.21 Å². The standard InChI is InChI=1S/C18H18N4O2/c1-11-5-3-7-14(9-11)18-22-21-17(24-18)12(2)20-15-8-4-6-13(10-15)16(19)23/h3-10,12,20H,1-2H3,(H2,19,23)/t12-/m1/s1. The molecule has 1 amide bonds. The number of aromatic nitrogens is 2. The highest BCUT2D eigenvalue weighted by molar-refractivity contribution is 5.93. The summed E-state index contributed by atoms with van der Waals surface area (Å²) in [6.07, 6.45) is 0. The minimum Gasteiger partial charge on any atom is -0.418 e. The van der Waals surface area contributed by atoms with E-state index in [1.807, 2.05) is 44.2 Å². The van der Waals surface area contributed by atoms with E-state index in [1.54, 1.807) is 18.2 Å². The van der Waals surface area contributed by atoms with Gasteiger partial charge in [-0.2, -0.15) is 0 Å². The zero-order chi connectivity index (χ0) is 17.1. The number of aryl methyl sites for hydroxylation is 1. The van der Waals surface area contributed by atoms with Gasteiger partial charge in [0.1, 0.15) is 6.04 Å². The molecule has 1 heterocycles. The lowest BCUT2D eigenvalue weighted by Gasteiger charge is -2.11. The van der Waals surface area contributed by atoms with Crippen molar-refractivity contribution >= 4 is 11.6 Å². The lowest BCUT2D eigenvalue weighted by Crippen LogP contribution is -2.12. The lowest BCUT2D eigenvalue weighted by molar-refractivity contribution is 0.100. The van der Waals surface area contributed by atoms with Crippen molar-refractivity contribution in [2.75, 3.05) is 5.32 Å². The molecule has 2 aromatic carbocycles. The molecule has 122 valence electrons. The first-order valence-corrected chi connectivity index (χ1v) is 7.60. The Labute approximate surface area is 139 Å². The average molecular weight is 322 g/mol. The predicted octanol–water partition coefficient (Wildman–Crippen LogP) is 3.32. The number of anilines is 1. The molecular formula is C18H18N4O2. The largest absolute Gasteiger partial charge is 0.418 e. The van der Waals surface area contributed by atoms with Crippen molar-refractivity contribution in [2.45, 2.75) is 19.9 Å². The molecule has 0 saturated heterocycles. The second-order valence-corrected chi connectivity index (χ2v) is 5.63. The maximum absolute atomic E-state index is 11.3. The molecule has 0 saturated carbocycles. The van der Waals surface area contributed by atoms with Crippen LogP contribution in [0, 0.1) is 6.92 Å². The van der Waals surface area contributed by atoms with E-state index in [1.165, 1.54) is 0 Å². The zero-order valence-corrected chi connectivity index (χ0v) is 13.5. The highest BCUT2D eigenvalue weighted by Crippen LogP contribution is 2.24. The van der Waals surface area contributed by atoms with Gasteiger partial charge < -0.3 is 15.5 Å². The van der Waals surface area contributed by atoms with E-state index in [-0.39, 0.29) is 6.04 Å². The summed E-state index contributed by atoms with van der Waals surface area (Å²) in [7, 11) is 0. The first-order chi connectivity index (χ1) is 11.5. The molecule has 3 N–H and O–H groups in total. The number of amides is 1. The molecule has 6 heteroatoms. The fraction of sp³-hybridized carbons (Fsp3) is 0.167. The van der Waals surface area contributed by atoms with Gasteiger partial charge in [-0.05, 0) is 44.2 Å². The van der Waals surface area contributed by atoms with Crippen LogP contribution in [0.15, 0.2) is 52.9 Å². The Kier molecular flexibility index (Phi) is 4.29. The number of nitrogens with zero attached hydrogens (tertiary/aromatic N) is 2. The molecule has 1 aromatic heterocycles. The summed E-state index contributed by atoms with van der Waals surface area (Å²) in [6, 6.07) is 14.6. The fourth-order valence-corrected chi connectivity index (χ4v) is 2.38. The van der Waals surface area contributed by atoms with Crippen molar-refractivity contribution in [2.24, 2.45) is 5.73 Å². The van der Waals surface area contributed by atoms with Crippen molar-refractivity contribution in [1.29, 1.82) is 0 Å². The summed E-state index contributed by atoms with van der Waals surface area (Å²) in [6.45, 7) is 3.92. The van der Waals surface area contributed by atoms with E-state index in [0.29, 0.717) is 17.3 Å². The summed E-state index contributed by atoms with van der Waals surface area (Å²) >= 11 is 0. The topological polar surface area (TPSA) is 94.0 Å². The van der Waals surface area contributed by atoms with Gasteiger partial charge in [0.2, 0.25) is 17.7 Å². The van der Waals surface area contributed by atoms with Crippen molar-refractivity contribution in [3.63, 3.8) is 0 Å². The first kappa shape index (κ1) is 15.7. The number of hydrogen-bond acceptors (Lipinski definition) is 5. The highest BCUT2D eigenvalue weighted by Gasteiger charge is 2.15. The molecule has 0 radical (unpaired) electrons. The van der Waals surface area contributed by atoms with E-state index in [4.69, 9.17) is 10.2 Å². The van der Waals surface area contributed by atoms with Crippen LogP contribution in [0.5, 0.6) is 0 Å². The Balaban J connectivity index is 1.78. The number of rotatable bonds is 5. The number of carbonyl (C=O) groups is 1. The number of carbonyl (C=O) groups excluding carboxylic acids is 1. The number of nitrogens with two attached hydrogens (primary N) is 1. The molecule has 0 fully saturated rings. The van der Waals surface area contributed by atoms with E-state index in [2.05, 4.69) is 15.5 Å². The molecule has 24 heavy (non-hydrogen) atoms. The Morgan fingerprint density at radius 2 is 1.96 bits per heavy atom. The number of primary amides is 1. The first-order valence-electron chi connectivity index (χ1n) is 7.60. The molecule has 1 atom stereocenters. The summed E-state index contributed by atoms with van der Waals surface area (Å²) < 4.78 is 5.76. The summed E-state index contributed by atoms with van der Waals surface area (Å²) in [5, 5.41) is 11.4. The van der Waals surface area contributed by atoms with Gasteiger partial charge in [0.15, 0.2) is 0 Å². The van der Waals surface area contributed by atoms with Crippen LogP contribution in [0.3, 0.4) is 0 Å². The molecule has 0 unspecified atom stereocenters. The molecule has 0 spiro atoms. The second-order valence-electron chi connectivity index (χ2n) is 5.63. The highest BCUT2D eigenvalue weighted by atomic mass is 16.4.